The van der Waals surface area contributed by atoms with Crippen molar-refractivity contribution in [2.75, 3.05) is 31.0 Å². The number of carbonyl (C=O) groups excluding carboxylic acids is 1. The monoisotopic (exact) mass is 334 g/mol. The average molecular weight is 335 g/mol. The molecule has 21 heavy (non-hydrogen) atoms. The minimum Gasteiger partial charge on any atom is -0.380 e. The maximum Gasteiger partial charge on any atom is 0.240 e. The highest BCUT2D eigenvalue weighted by Gasteiger charge is 2.12. The van der Waals surface area contributed by atoms with Gasteiger partial charge >= 0.3 is 0 Å². The number of hydrogen-bond acceptors (Lipinski definition) is 4. The molecule has 1 aromatic rings. The summed E-state index contributed by atoms with van der Waals surface area (Å²) in [4.78, 5) is 11.0. The molecule has 0 radical (unpaired) electrons. The van der Waals surface area contributed by atoms with E-state index < -0.39 is 10.0 Å². The van der Waals surface area contributed by atoms with Crippen molar-refractivity contribution in [1.29, 1.82) is 0 Å². The van der Waals surface area contributed by atoms with Gasteiger partial charge in [0.25, 0.3) is 0 Å². The Morgan fingerprint density at radius 1 is 1.24 bits per heavy atom. The predicted octanol–water partition coefficient (Wildman–Crippen LogP) is 1.57. The second-order valence-electron chi connectivity index (χ2n) is 4.26. The van der Waals surface area contributed by atoms with Gasteiger partial charge in [-0.3, -0.25) is 4.79 Å². The van der Waals surface area contributed by atoms with Crippen molar-refractivity contribution in [3.05, 3.63) is 24.3 Å². The van der Waals surface area contributed by atoms with E-state index in [2.05, 4.69) is 10.0 Å². The lowest BCUT2D eigenvalue weighted by molar-refractivity contribution is -0.114. The molecule has 1 rings (SSSR count). The molecule has 0 atom stereocenters. The van der Waals surface area contributed by atoms with Crippen LogP contribution in [0.5, 0.6) is 0 Å². The second kappa shape index (κ2) is 8.99. The summed E-state index contributed by atoms with van der Waals surface area (Å²) >= 11 is 5.45. The molecule has 1 amide bonds. The molecule has 6 nitrogen and oxygen atoms in total. The molecule has 118 valence electrons. The van der Waals surface area contributed by atoms with Crippen LogP contribution in [0.3, 0.4) is 0 Å². The zero-order valence-electron chi connectivity index (χ0n) is 11.8. The number of hydrogen-bond donors (Lipinski definition) is 2. The lowest BCUT2D eigenvalue weighted by Gasteiger charge is -2.08. The van der Waals surface area contributed by atoms with Gasteiger partial charge in [-0.2, -0.15) is 0 Å². The third-order valence-corrected chi connectivity index (χ3v) is 4.10. The van der Waals surface area contributed by atoms with E-state index >= 15 is 0 Å². The quantitative estimate of drug-likeness (QED) is 0.530. The number of rotatable bonds is 9. The SMILES string of the molecule is CC(=O)Nc1ccc(S(=O)(=O)NCCCOCCCl)cc1. The number of sulfonamides is 1. The number of nitrogens with one attached hydrogen (secondary N) is 2. The first kappa shape index (κ1) is 17.9. The first-order chi connectivity index (χ1) is 9.95. The molecule has 0 saturated carbocycles. The summed E-state index contributed by atoms with van der Waals surface area (Å²) in [7, 11) is -3.54. The van der Waals surface area contributed by atoms with Crippen molar-refractivity contribution in [3.63, 3.8) is 0 Å². The summed E-state index contributed by atoms with van der Waals surface area (Å²) in [5.41, 5.74) is 0.552. The third-order valence-electron chi connectivity index (χ3n) is 2.46. The summed E-state index contributed by atoms with van der Waals surface area (Å²) < 4.78 is 31.6. The Bertz CT molecular complexity index is 546. The molecule has 0 aromatic heterocycles. The summed E-state index contributed by atoms with van der Waals surface area (Å²) in [5, 5.41) is 2.57. The number of carbonyl (C=O) groups is 1. The highest BCUT2D eigenvalue weighted by molar-refractivity contribution is 7.89. The predicted molar refractivity (Wildman–Crippen MR) is 82.1 cm³/mol. The third kappa shape index (κ3) is 6.90. The Morgan fingerprint density at radius 3 is 2.48 bits per heavy atom. The molecular formula is C13H19ClN2O4S. The molecule has 8 heteroatoms. The number of anilines is 1. The van der Waals surface area contributed by atoms with Crippen LogP contribution in [0.1, 0.15) is 13.3 Å². The van der Waals surface area contributed by atoms with Crippen LogP contribution in [0.4, 0.5) is 5.69 Å². The average Bonchev–Trinajstić information content (AvgIpc) is 2.42. The van der Waals surface area contributed by atoms with Gasteiger partial charge in [0.1, 0.15) is 0 Å². The molecule has 0 unspecified atom stereocenters. The fraction of sp³-hybridized carbons (Fsp3) is 0.462. The summed E-state index contributed by atoms with van der Waals surface area (Å²) in [5.74, 6) is 0.215. The molecule has 1 aromatic carbocycles. The number of halogens is 1. The van der Waals surface area contributed by atoms with Gasteiger partial charge in [0.15, 0.2) is 0 Å². The van der Waals surface area contributed by atoms with Crippen molar-refractivity contribution in [1.82, 2.24) is 4.72 Å². The zero-order chi connectivity index (χ0) is 15.7. The normalized spacial score (nSPS) is 11.3. The van der Waals surface area contributed by atoms with Crippen molar-refractivity contribution in [2.45, 2.75) is 18.2 Å². The van der Waals surface area contributed by atoms with Gasteiger partial charge in [0.2, 0.25) is 15.9 Å². The van der Waals surface area contributed by atoms with Crippen LogP contribution in [-0.4, -0.2) is 40.0 Å². The first-order valence-corrected chi connectivity index (χ1v) is 8.48. The van der Waals surface area contributed by atoms with Crippen LogP contribution in [0, 0.1) is 0 Å². The highest BCUT2D eigenvalue weighted by atomic mass is 35.5. The van der Waals surface area contributed by atoms with Gasteiger partial charge in [-0.1, -0.05) is 0 Å². The first-order valence-electron chi connectivity index (χ1n) is 6.47. The fourth-order valence-corrected chi connectivity index (χ4v) is 2.72. The van der Waals surface area contributed by atoms with E-state index in [1.54, 1.807) is 12.1 Å². The van der Waals surface area contributed by atoms with E-state index in [0.29, 0.717) is 31.2 Å². The standard InChI is InChI=1S/C13H19ClN2O4S/c1-11(17)16-12-3-5-13(6-4-12)21(18,19)15-8-2-9-20-10-7-14/h3-6,15H,2,7-10H2,1H3,(H,16,17). The fourth-order valence-electron chi connectivity index (χ4n) is 1.54. The van der Waals surface area contributed by atoms with Crippen LogP contribution in [0.2, 0.25) is 0 Å². The molecule has 0 spiro atoms. The summed E-state index contributed by atoms with van der Waals surface area (Å²) in [6.07, 6.45) is 0.570. The highest BCUT2D eigenvalue weighted by Crippen LogP contribution is 2.13. The maximum atomic E-state index is 12.0. The lowest BCUT2D eigenvalue weighted by atomic mass is 10.3. The molecule has 0 aliphatic carbocycles. The number of benzene rings is 1. The minimum atomic E-state index is -3.54. The van der Waals surface area contributed by atoms with E-state index in [4.69, 9.17) is 16.3 Å². The van der Waals surface area contributed by atoms with E-state index in [-0.39, 0.29) is 17.3 Å². The molecule has 0 heterocycles. The Labute approximate surface area is 129 Å². The Kier molecular flexibility index (Phi) is 7.66. The smallest absolute Gasteiger partial charge is 0.240 e. The number of alkyl halides is 1. The molecular weight excluding hydrogens is 316 g/mol. The molecule has 2 N–H and O–H groups in total. The molecule has 0 aliphatic rings. The maximum absolute atomic E-state index is 12.0. The van der Waals surface area contributed by atoms with Crippen molar-refractivity contribution >= 4 is 33.2 Å². The lowest BCUT2D eigenvalue weighted by Crippen LogP contribution is -2.25. The largest absolute Gasteiger partial charge is 0.380 e. The molecule has 0 bridgehead atoms. The van der Waals surface area contributed by atoms with Crippen LogP contribution in [0.25, 0.3) is 0 Å². The van der Waals surface area contributed by atoms with Crippen molar-refractivity contribution in [3.8, 4) is 0 Å². The van der Waals surface area contributed by atoms with E-state index in [1.807, 2.05) is 0 Å². The van der Waals surface area contributed by atoms with Crippen LogP contribution in [-0.2, 0) is 19.6 Å². The van der Waals surface area contributed by atoms with Gasteiger partial charge in [-0.05, 0) is 30.7 Å². The van der Waals surface area contributed by atoms with E-state index in [9.17, 15) is 13.2 Å². The van der Waals surface area contributed by atoms with Gasteiger partial charge in [-0.15, -0.1) is 11.6 Å². The molecule has 0 saturated heterocycles. The van der Waals surface area contributed by atoms with Gasteiger partial charge in [0, 0.05) is 31.6 Å². The van der Waals surface area contributed by atoms with Crippen molar-refractivity contribution < 1.29 is 17.9 Å². The Hall–Kier alpha value is -1.15. The van der Waals surface area contributed by atoms with Gasteiger partial charge in [0.05, 0.1) is 11.5 Å². The summed E-state index contributed by atoms with van der Waals surface area (Å²) in [6, 6.07) is 5.97. The van der Waals surface area contributed by atoms with E-state index in [0.717, 1.165) is 0 Å². The van der Waals surface area contributed by atoms with Crippen LogP contribution >= 0.6 is 11.6 Å². The zero-order valence-corrected chi connectivity index (χ0v) is 13.3. The minimum absolute atomic E-state index is 0.151. The summed E-state index contributed by atoms with van der Waals surface area (Å²) in [6.45, 7) is 2.59. The number of ether oxygens (including phenoxy) is 1. The van der Waals surface area contributed by atoms with Gasteiger partial charge in [-0.25, -0.2) is 13.1 Å². The second-order valence-corrected chi connectivity index (χ2v) is 6.40. The van der Waals surface area contributed by atoms with Gasteiger partial charge < -0.3 is 10.1 Å². The van der Waals surface area contributed by atoms with E-state index in [1.165, 1.54) is 19.1 Å². The topological polar surface area (TPSA) is 84.5 Å². The molecule has 0 fully saturated rings. The molecule has 0 aliphatic heterocycles. The van der Waals surface area contributed by atoms with Crippen molar-refractivity contribution in [2.24, 2.45) is 0 Å². The Balaban J connectivity index is 2.48. The number of amides is 1. The van der Waals surface area contributed by atoms with Crippen LogP contribution < -0.4 is 10.0 Å². The Morgan fingerprint density at radius 2 is 1.90 bits per heavy atom. The van der Waals surface area contributed by atoms with Crippen LogP contribution in [0.15, 0.2) is 29.2 Å².